The van der Waals surface area contributed by atoms with Gasteiger partial charge in [0, 0.05) is 5.92 Å². The van der Waals surface area contributed by atoms with Crippen LogP contribution in [0.1, 0.15) is 61.9 Å². The molecule has 11 heteroatoms. The molecule has 35 heavy (non-hydrogen) atoms. The molecule has 0 radical (unpaired) electrons. The van der Waals surface area contributed by atoms with Gasteiger partial charge in [0.05, 0.1) is 33.1 Å². The van der Waals surface area contributed by atoms with Gasteiger partial charge in [0.15, 0.2) is 0 Å². The van der Waals surface area contributed by atoms with Gasteiger partial charge in [-0.2, -0.15) is 13.2 Å². The Balaban J connectivity index is 1.50. The van der Waals surface area contributed by atoms with Gasteiger partial charge in [0.1, 0.15) is 12.4 Å². The van der Waals surface area contributed by atoms with Crippen molar-refractivity contribution < 1.29 is 45.1 Å². The van der Waals surface area contributed by atoms with Crippen molar-refractivity contribution >= 4 is 16.1 Å². The fourth-order valence-electron chi connectivity index (χ4n) is 6.08. The molecule has 1 aromatic carbocycles. The summed E-state index contributed by atoms with van der Waals surface area (Å²) in [6.07, 6.45) is -0.119. The SMILES string of the molecule is CC(C)C(Oc1cc(C(=O)OCCS(=O)(=O)[O-])ccc1C(F)(F)F)OC1CC2CC1C1CCCC21. The van der Waals surface area contributed by atoms with Gasteiger partial charge in [-0.1, -0.05) is 20.3 Å². The number of rotatable bonds is 9. The van der Waals surface area contributed by atoms with E-state index in [2.05, 4.69) is 0 Å². The van der Waals surface area contributed by atoms with Gasteiger partial charge in [0.2, 0.25) is 6.29 Å². The first-order valence-corrected chi connectivity index (χ1v) is 13.6. The average Bonchev–Trinajstić information content (AvgIpc) is 3.45. The minimum Gasteiger partial charge on any atom is -0.748 e. The average molecular weight is 520 g/mol. The molecule has 2 bridgehead atoms. The largest absolute Gasteiger partial charge is 0.748 e. The van der Waals surface area contributed by atoms with Gasteiger partial charge < -0.3 is 18.8 Å². The van der Waals surface area contributed by atoms with Gasteiger partial charge in [-0.3, -0.25) is 0 Å². The summed E-state index contributed by atoms with van der Waals surface area (Å²) in [6, 6.07) is 2.56. The van der Waals surface area contributed by atoms with Crippen molar-refractivity contribution in [2.24, 2.45) is 29.6 Å². The molecule has 0 saturated heterocycles. The molecule has 0 aliphatic heterocycles. The number of esters is 1. The summed E-state index contributed by atoms with van der Waals surface area (Å²) in [6.45, 7) is 2.89. The third-order valence-corrected chi connectivity index (χ3v) is 8.22. The normalized spacial score (nSPS) is 28.8. The summed E-state index contributed by atoms with van der Waals surface area (Å²) in [5.74, 6) is -0.448. The lowest BCUT2D eigenvalue weighted by molar-refractivity contribution is -0.169. The van der Waals surface area contributed by atoms with E-state index in [9.17, 15) is 30.9 Å². The smallest absolute Gasteiger partial charge is 0.419 e. The molecule has 3 aliphatic rings. The van der Waals surface area contributed by atoms with Crippen molar-refractivity contribution in [3.63, 3.8) is 0 Å². The Kier molecular flexibility index (Phi) is 7.41. The van der Waals surface area contributed by atoms with Crippen LogP contribution in [0.2, 0.25) is 0 Å². The zero-order valence-corrected chi connectivity index (χ0v) is 20.4. The minimum atomic E-state index is -4.74. The van der Waals surface area contributed by atoms with Gasteiger partial charge in [-0.25, -0.2) is 13.2 Å². The molecule has 6 unspecified atom stereocenters. The minimum absolute atomic E-state index is 0.0664. The Morgan fingerprint density at radius 1 is 1.14 bits per heavy atom. The number of ether oxygens (including phenoxy) is 3. The molecule has 0 heterocycles. The quantitative estimate of drug-likeness (QED) is 0.267. The third kappa shape index (κ3) is 5.94. The predicted octanol–water partition coefficient (Wildman–Crippen LogP) is 4.61. The van der Waals surface area contributed by atoms with Crippen LogP contribution in [0.4, 0.5) is 13.2 Å². The molecule has 6 atom stereocenters. The number of benzene rings is 1. The number of carbonyl (C=O) groups excluding carboxylic acids is 1. The Bertz CT molecular complexity index is 1040. The lowest BCUT2D eigenvalue weighted by Gasteiger charge is -2.35. The van der Waals surface area contributed by atoms with Crippen molar-refractivity contribution in [2.75, 3.05) is 12.4 Å². The maximum atomic E-state index is 13.7. The second-order valence-corrected chi connectivity index (χ2v) is 11.7. The number of alkyl halides is 3. The molecule has 3 saturated carbocycles. The fourth-order valence-corrected chi connectivity index (χ4v) is 6.37. The maximum absolute atomic E-state index is 13.7. The van der Waals surface area contributed by atoms with Crippen LogP contribution >= 0.6 is 0 Å². The molecule has 0 aromatic heterocycles. The second kappa shape index (κ2) is 9.89. The summed E-state index contributed by atoms with van der Waals surface area (Å²) in [5.41, 5.74) is -1.32. The van der Waals surface area contributed by atoms with Crippen LogP contribution in [0, 0.1) is 29.6 Å². The van der Waals surface area contributed by atoms with Gasteiger partial charge in [-0.15, -0.1) is 0 Å². The van der Waals surface area contributed by atoms with Crippen LogP contribution < -0.4 is 4.74 Å². The van der Waals surface area contributed by atoms with Crippen LogP contribution in [-0.2, 0) is 25.8 Å². The van der Waals surface area contributed by atoms with Crippen molar-refractivity contribution in [3.8, 4) is 5.75 Å². The molecule has 7 nitrogen and oxygen atoms in total. The molecular formula is C24H30F3O7S-. The van der Waals surface area contributed by atoms with Gasteiger partial charge >= 0.3 is 12.1 Å². The van der Waals surface area contributed by atoms with Crippen LogP contribution in [0.5, 0.6) is 5.75 Å². The first-order valence-electron chi connectivity index (χ1n) is 12.0. The van der Waals surface area contributed by atoms with E-state index in [1.54, 1.807) is 13.8 Å². The van der Waals surface area contributed by atoms with E-state index in [1.807, 2.05) is 0 Å². The van der Waals surface area contributed by atoms with Crippen LogP contribution in [0.3, 0.4) is 0 Å². The number of fused-ring (bicyclic) bond motifs is 5. The zero-order chi connectivity index (χ0) is 25.5. The molecule has 3 fully saturated rings. The zero-order valence-electron chi connectivity index (χ0n) is 19.6. The Morgan fingerprint density at radius 2 is 1.86 bits per heavy atom. The van der Waals surface area contributed by atoms with E-state index in [0.29, 0.717) is 23.8 Å². The Labute approximate surface area is 203 Å². The van der Waals surface area contributed by atoms with E-state index >= 15 is 0 Å². The van der Waals surface area contributed by atoms with E-state index in [1.165, 1.54) is 19.3 Å². The number of hydrogen-bond acceptors (Lipinski definition) is 7. The standard InChI is InChI=1S/C24H31F3O7S/c1-13(2)23(33-20-12-15-10-18(20)17-5-3-4-16(15)17)34-21-11-14(6-7-19(21)24(25,26)27)22(28)32-8-9-35(29,30)31/h6-7,11,13,15-18,20,23H,3-5,8-10,12H2,1-2H3,(H,29,30,31)/p-1. The van der Waals surface area contributed by atoms with Gasteiger partial charge in [0.25, 0.3) is 0 Å². The summed E-state index contributed by atoms with van der Waals surface area (Å²) < 4.78 is 90.0. The first kappa shape index (κ1) is 26.2. The monoisotopic (exact) mass is 519 g/mol. The number of carbonyl (C=O) groups is 1. The molecule has 4 rings (SSSR count). The number of hydrogen-bond donors (Lipinski definition) is 0. The first-order chi connectivity index (χ1) is 16.3. The Hall–Kier alpha value is -1.85. The lowest BCUT2D eigenvalue weighted by atomic mass is 9.80. The highest BCUT2D eigenvalue weighted by Crippen LogP contribution is 2.59. The summed E-state index contributed by atoms with van der Waals surface area (Å²) in [7, 11) is -4.60. The molecule has 3 aliphatic carbocycles. The second-order valence-electron chi connectivity index (χ2n) is 10.2. The third-order valence-electron chi connectivity index (χ3n) is 7.55. The molecule has 0 N–H and O–H groups in total. The van der Waals surface area contributed by atoms with E-state index < -0.39 is 52.2 Å². The van der Waals surface area contributed by atoms with Crippen molar-refractivity contribution in [3.05, 3.63) is 29.3 Å². The Morgan fingerprint density at radius 3 is 2.51 bits per heavy atom. The highest BCUT2D eigenvalue weighted by molar-refractivity contribution is 7.85. The van der Waals surface area contributed by atoms with Crippen molar-refractivity contribution in [1.82, 2.24) is 0 Å². The predicted molar refractivity (Wildman–Crippen MR) is 117 cm³/mol. The van der Waals surface area contributed by atoms with Crippen LogP contribution in [0.15, 0.2) is 18.2 Å². The molecule has 0 amide bonds. The van der Waals surface area contributed by atoms with Gasteiger partial charge in [-0.05, 0) is 67.6 Å². The van der Waals surface area contributed by atoms with Crippen molar-refractivity contribution in [1.29, 1.82) is 0 Å². The van der Waals surface area contributed by atoms with Crippen LogP contribution in [0.25, 0.3) is 0 Å². The highest BCUT2D eigenvalue weighted by Gasteiger charge is 2.55. The summed E-state index contributed by atoms with van der Waals surface area (Å²) in [4.78, 5) is 12.2. The summed E-state index contributed by atoms with van der Waals surface area (Å²) in [5, 5.41) is 0. The van der Waals surface area contributed by atoms with Crippen LogP contribution in [-0.4, -0.2) is 43.7 Å². The highest BCUT2D eigenvalue weighted by atomic mass is 32.2. The van der Waals surface area contributed by atoms with Crippen molar-refractivity contribution in [2.45, 2.75) is 64.5 Å². The molecular weight excluding hydrogens is 489 g/mol. The lowest BCUT2D eigenvalue weighted by Crippen LogP contribution is -2.38. The summed E-state index contributed by atoms with van der Waals surface area (Å²) >= 11 is 0. The number of halogens is 3. The molecule has 0 spiro atoms. The van der Waals surface area contributed by atoms with E-state index in [4.69, 9.17) is 14.2 Å². The van der Waals surface area contributed by atoms with E-state index in [0.717, 1.165) is 30.9 Å². The topological polar surface area (TPSA) is 102 Å². The molecule has 196 valence electrons. The fraction of sp³-hybridized carbons (Fsp3) is 0.708. The van der Waals surface area contributed by atoms with E-state index in [-0.39, 0.29) is 17.6 Å². The molecule has 1 aromatic rings. The maximum Gasteiger partial charge on any atom is 0.419 e.